The summed E-state index contributed by atoms with van der Waals surface area (Å²) in [5.74, 6) is 0.831. The largest absolute Gasteiger partial charge is 0.497 e. The Kier molecular flexibility index (Phi) is 3.80. The molecule has 1 aromatic carbocycles. The van der Waals surface area contributed by atoms with E-state index in [0.717, 1.165) is 30.8 Å². The number of aliphatic hydroxyl groups excluding tert-OH is 1. The zero-order valence-electron chi connectivity index (χ0n) is 9.56. The van der Waals surface area contributed by atoms with Gasteiger partial charge in [-0.1, -0.05) is 12.1 Å². The molecule has 0 aromatic heterocycles. The SMILES string of the molecule is COc1cccc(CC(O)C2CCCO2)c1. The van der Waals surface area contributed by atoms with Crippen LogP contribution >= 0.6 is 0 Å². The molecule has 1 heterocycles. The molecule has 3 heteroatoms. The number of aliphatic hydroxyl groups is 1. The van der Waals surface area contributed by atoms with Crippen LogP contribution in [0.25, 0.3) is 0 Å². The van der Waals surface area contributed by atoms with Gasteiger partial charge in [-0.25, -0.2) is 0 Å². The summed E-state index contributed by atoms with van der Waals surface area (Å²) >= 11 is 0. The molecule has 3 nitrogen and oxygen atoms in total. The second-order valence-electron chi connectivity index (χ2n) is 4.17. The van der Waals surface area contributed by atoms with E-state index >= 15 is 0 Å². The first-order chi connectivity index (χ1) is 7.79. The van der Waals surface area contributed by atoms with Gasteiger partial charge in [-0.05, 0) is 30.5 Å². The van der Waals surface area contributed by atoms with Gasteiger partial charge in [0.1, 0.15) is 5.75 Å². The zero-order valence-corrected chi connectivity index (χ0v) is 9.56. The van der Waals surface area contributed by atoms with Crippen molar-refractivity contribution >= 4 is 0 Å². The Labute approximate surface area is 96.0 Å². The highest BCUT2D eigenvalue weighted by Crippen LogP contribution is 2.20. The fourth-order valence-electron chi connectivity index (χ4n) is 2.08. The van der Waals surface area contributed by atoms with Crippen molar-refractivity contribution in [2.75, 3.05) is 13.7 Å². The molecule has 88 valence electrons. The first kappa shape index (κ1) is 11.4. The lowest BCUT2D eigenvalue weighted by Gasteiger charge is -2.17. The van der Waals surface area contributed by atoms with E-state index in [-0.39, 0.29) is 6.10 Å². The van der Waals surface area contributed by atoms with Crippen LogP contribution in [0.1, 0.15) is 18.4 Å². The third-order valence-electron chi connectivity index (χ3n) is 2.97. The lowest BCUT2D eigenvalue weighted by Crippen LogP contribution is -2.27. The first-order valence-corrected chi connectivity index (χ1v) is 5.72. The van der Waals surface area contributed by atoms with Gasteiger partial charge in [-0.2, -0.15) is 0 Å². The Morgan fingerprint density at radius 2 is 2.44 bits per heavy atom. The first-order valence-electron chi connectivity index (χ1n) is 5.72. The maximum atomic E-state index is 10.0. The van der Waals surface area contributed by atoms with Crippen molar-refractivity contribution in [3.05, 3.63) is 29.8 Å². The standard InChI is InChI=1S/C13H18O3/c1-15-11-5-2-4-10(8-11)9-12(14)13-6-3-7-16-13/h2,4-5,8,12-14H,3,6-7,9H2,1H3. The average Bonchev–Trinajstić information content (AvgIpc) is 2.83. The lowest BCUT2D eigenvalue weighted by molar-refractivity contribution is -0.000787. The fraction of sp³-hybridized carbons (Fsp3) is 0.538. The van der Waals surface area contributed by atoms with Crippen LogP contribution in [-0.2, 0) is 11.2 Å². The van der Waals surface area contributed by atoms with Crippen molar-refractivity contribution in [2.45, 2.75) is 31.5 Å². The molecular weight excluding hydrogens is 204 g/mol. The van der Waals surface area contributed by atoms with Crippen molar-refractivity contribution in [2.24, 2.45) is 0 Å². The maximum Gasteiger partial charge on any atom is 0.119 e. The predicted molar refractivity (Wildman–Crippen MR) is 61.7 cm³/mol. The molecule has 0 saturated carbocycles. The number of ether oxygens (including phenoxy) is 2. The van der Waals surface area contributed by atoms with Crippen molar-refractivity contribution in [3.8, 4) is 5.75 Å². The van der Waals surface area contributed by atoms with E-state index in [4.69, 9.17) is 9.47 Å². The predicted octanol–water partition coefficient (Wildman–Crippen LogP) is 1.78. The van der Waals surface area contributed by atoms with Gasteiger partial charge in [0.25, 0.3) is 0 Å². The summed E-state index contributed by atoms with van der Waals surface area (Å²) in [6, 6.07) is 7.80. The van der Waals surface area contributed by atoms with Gasteiger partial charge in [-0.3, -0.25) is 0 Å². The highest BCUT2D eigenvalue weighted by molar-refractivity contribution is 5.28. The van der Waals surface area contributed by atoms with E-state index in [0.29, 0.717) is 6.42 Å². The monoisotopic (exact) mass is 222 g/mol. The van der Waals surface area contributed by atoms with Gasteiger partial charge >= 0.3 is 0 Å². The molecule has 1 aliphatic rings. The summed E-state index contributed by atoms with van der Waals surface area (Å²) in [7, 11) is 1.65. The Morgan fingerprint density at radius 3 is 3.12 bits per heavy atom. The molecule has 1 saturated heterocycles. The molecule has 0 bridgehead atoms. The van der Waals surface area contributed by atoms with Crippen molar-refractivity contribution in [1.29, 1.82) is 0 Å². The summed E-state index contributed by atoms with van der Waals surface area (Å²) in [4.78, 5) is 0. The smallest absolute Gasteiger partial charge is 0.119 e. The lowest BCUT2D eigenvalue weighted by atomic mass is 10.0. The van der Waals surface area contributed by atoms with Crippen LogP contribution in [0.15, 0.2) is 24.3 Å². The maximum absolute atomic E-state index is 10.0. The third kappa shape index (κ3) is 2.74. The summed E-state index contributed by atoms with van der Waals surface area (Å²) in [6.07, 6.45) is 2.24. The Bertz CT molecular complexity index is 332. The van der Waals surface area contributed by atoms with Crippen LogP contribution in [0.5, 0.6) is 5.75 Å². The molecule has 1 aromatic rings. The number of benzene rings is 1. The molecule has 0 radical (unpaired) electrons. The van der Waals surface area contributed by atoms with Gasteiger partial charge in [0.15, 0.2) is 0 Å². The van der Waals surface area contributed by atoms with Crippen molar-refractivity contribution in [3.63, 3.8) is 0 Å². The van der Waals surface area contributed by atoms with Crippen LogP contribution in [-0.4, -0.2) is 31.0 Å². The third-order valence-corrected chi connectivity index (χ3v) is 2.97. The number of methoxy groups -OCH3 is 1. The van der Waals surface area contributed by atoms with Crippen molar-refractivity contribution < 1.29 is 14.6 Å². The second-order valence-corrected chi connectivity index (χ2v) is 4.17. The fourth-order valence-corrected chi connectivity index (χ4v) is 2.08. The van der Waals surface area contributed by atoms with Crippen LogP contribution in [0.3, 0.4) is 0 Å². The molecular formula is C13H18O3. The summed E-state index contributed by atoms with van der Waals surface area (Å²) in [6.45, 7) is 0.778. The quantitative estimate of drug-likeness (QED) is 0.844. The minimum absolute atomic E-state index is 0.00574. The van der Waals surface area contributed by atoms with Gasteiger partial charge in [-0.15, -0.1) is 0 Å². The summed E-state index contributed by atoms with van der Waals surface area (Å²) < 4.78 is 10.6. The zero-order chi connectivity index (χ0) is 11.4. The van der Waals surface area contributed by atoms with Crippen LogP contribution in [0.4, 0.5) is 0 Å². The molecule has 0 aliphatic carbocycles. The molecule has 16 heavy (non-hydrogen) atoms. The molecule has 1 aliphatic heterocycles. The number of hydrogen-bond donors (Lipinski definition) is 1. The average molecular weight is 222 g/mol. The van der Waals surface area contributed by atoms with E-state index in [9.17, 15) is 5.11 Å². The van der Waals surface area contributed by atoms with Crippen LogP contribution in [0.2, 0.25) is 0 Å². The Morgan fingerprint density at radius 1 is 1.56 bits per heavy atom. The molecule has 0 amide bonds. The molecule has 1 N–H and O–H groups in total. The second kappa shape index (κ2) is 5.32. The van der Waals surface area contributed by atoms with Crippen molar-refractivity contribution in [1.82, 2.24) is 0 Å². The number of hydrogen-bond acceptors (Lipinski definition) is 3. The van der Waals surface area contributed by atoms with Gasteiger partial charge in [0.05, 0.1) is 19.3 Å². The van der Waals surface area contributed by atoms with Gasteiger partial charge in [0.2, 0.25) is 0 Å². The van der Waals surface area contributed by atoms with E-state index in [2.05, 4.69) is 0 Å². The van der Waals surface area contributed by atoms with Crippen LogP contribution in [0, 0.1) is 0 Å². The topological polar surface area (TPSA) is 38.7 Å². The number of rotatable bonds is 4. The normalized spacial score (nSPS) is 22.0. The highest BCUT2D eigenvalue weighted by atomic mass is 16.5. The van der Waals surface area contributed by atoms with E-state index in [1.165, 1.54) is 0 Å². The Hall–Kier alpha value is -1.06. The molecule has 0 spiro atoms. The Balaban J connectivity index is 1.96. The minimum Gasteiger partial charge on any atom is -0.497 e. The molecule has 1 fully saturated rings. The molecule has 2 atom stereocenters. The molecule has 2 rings (SSSR count). The van der Waals surface area contributed by atoms with Gasteiger partial charge in [0, 0.05) is 13.0 Å². The van der Waals surface area contributed by atoms with E-state index < -0.39 is 6.10 Å². The van der Waals surface area contributed by atoms with E-state index in [1.807, 2.05) is 24.3 Å². The highest BCUT2D eigenvalue weighted by Gasteiger charge is 2.24. The molecule has 2 unspecified atom stereocenters. The van der Waals surface area contributed by atoms with Crippen LogP contribution < -0.4 is 4.74 Å². The summed E-state index contributed by atoms with van der Waals surface area (Å²) in [5, 5.41) is 10.0. The van der Waals surface area contributed by atoms with Gasteiger partial charge < -0.3 is 14.6 Å². The summed E-state index contributed by atoms with van der Waals surface area (Å²) in [5.41, 5.74) is 1.09. The minimum atomic E-state index is -0.408. The van der Waals surface area contributed by atoms with E-state index in [1.54, 1.807) is 7.11 Å².